The van der Waals surface area contributed by atoms with Gasteiger partial charge in [-0.15, -0.1) is 0 Å². The fourth-order valence-electron chi connectivity index (χ4n) is 2.14. The van der Waals surface area contributed by atoms with Gasteiger partial charge in [0, 0.05) is 0 Å². The molecule has 0 aromatic heterocycles. The van der Waals surface area contributed by atoms with Crippen LogP contribution in [0.2, 0.25) is 0 Å². The van der Waals surface area contributed by atoms with Crippen LogP contribution in [0.1, 0.15) is 58.8 Å². The zero-order valence-electron chi connectivity index (χ0n) is 8.41. The van der Waals surface area contributed by atoms with Crippen molar-refractivity contribution in [2.24, 2.45) is 5.92 Å². The second-order valence-corrected chi connectivity index (χ2v) is 4.61. The van der Waals surface area contributed by atoms with E-state index in [1.165, 1.54) is 32.1 Å². The summed E-state index contributed by atoms with van der Waals surface area (Å²) in [6.45, 7) is 3.47. The molecule has 0 atom stereocenters. The summed E-state index contributed by atoms with van der Waals surface area (Å²) in [5.74, 6) is 0.317. The Labute approximate surface area is 75.5 Å². The van der Waals surface area contributed by atoms with Gasteiger partial charge in [-0.3, -0.25) is 0 Å². The van der Waals surface area contributed by atoms with Crippen LogP contribution in [0, 0.1) is 5.92 Å². The Bertz CT molecular complexity index is 115. The summed E-state index contributed by atoms with van der Waals surface area (Å²) in [7, 11) is 0. The molecule has 0 saturated heterocycles. The monoisotopic (exact) mass is 172 g/mol. The van der Waals surface area contributed by atoms with Crippen molar-refractivity contribution in [1.82, 2.24) is 0 Å². The largest absolute Gasteiger partial charge is 0.244 e. The molecule has 0 amide bonds. The van der Waals surface area contributed by atoms with E-state index in [0.29, 0.717) is 5.92 Å². The highest BCUT2D eigenvalue weighted by Crippen LogP contribution is 2.32. The Morgan fingerprint density at radius 1 is 0.917 bits per heavy atom. The average molecular weight is 172 g/mol. The van der Waals surface area contributed by atoms with E-state index >= 15 is 0 Å². The molecule has 1 aliphatic carbocycles. The molecule has 0 radical (unpaired) electrons. The zero-order valence-corrected chi connectivity index (χ0v) is 8.41. The first-order chi connectivity index (χ1) is 5.61. The predicted molar refractivity (Wildman–Crippen MR) is 51.0 cm³/mol. The second-order valence-electron chi connectivity index (χ2n) is 4.61. The Kier molecular flexibility index (Phi) is 3.54. The molecule has 72 valence electrons. The average Bonchev–Trinajstić information content (AvgIpc) is 1.81. The minimum atomic E-state index is -0.947. The molecule has 12 heavy (non-hydrogen) atoms. The van der Waals surface area contributed by atoms with Crippen molar-refractivity contribution in [3.05, 3.63) is 0 Å². The number of halogens is 1. The van der Waals surface area contributed by atoms with Crippen molar-refractivity contribution in [3.8, 4) is 0 Å². The molecule has 1 fully saturated rings. The highest BCUT2D eigenvalue weighted by atomic mass is 19.1. The lowest BCUT2D eigenvalue weighted by atomic mass is 9.82. The van der Waals surface area contributed by atoms with E-state index in [2.05, 4.69) is 0 Å². The molecule has 0 unspecified atom stereocenters. The predicted octanol–water partition coefficient (Wildman–Crippen LogP) is 4.10. The quantitative estimate of drug-likeness (QED) is 0.558. The van der Waals surface area contributed by atoms with Crippen molar-refractivity contribution >= 4 is 0 Å². The van der Waals surface area contributed by atoms with E-state index in [-0.39, 0.29) is 0 Å². The molecular weight excluding hydrogens is 151 g/mol. The molecule has 0 aromatic rings. The highest BCUT2D eigenvalue weighted by molar-refractivity contribution is 4.78. The van der Waals surface area contributed by atoms with Crippen LogP contribution in [-0.2, 0) is 0 Å². The van der Waals surface area contributed by atoms with Gasteiger partial charge in [0.25, 0.3) is 0 Å². The molecule has 1 saturated carbocycles. The van der Waals surface area contributed by atoms with Crippen LogP contribution >= 0.6 is 0 Å². The third kappa shape index (κ3) is 3.12. The molecule has 0 aliphatic heterocycles. The smallest absolute Gasteiger partial charge is 0.108 e. The molecule has 0 N–H and O–H groups in total. The summed E-state index contributed by atoms with van der Waals surface area (Å²) in [5, 5.41) is 0. The van der Waals surface area contributed by atoms with Gasteiger partial charge in [0.2, 0.25) is 0 Å². The van der Waals surface area contributed by atoms with Gasteiger partial charge in [-0.25, -0.2) is 4.39 Å². The summed E-state index contributed by atoms with van der Waals surface area (Å²) >= 11 is 0. The summed E-state index contributed by atoms with van der Waals surface area (Å²) < 4.78 is 13.6. The molecule has 0 aromatic carbocycles. The van der Waals surface area contributed by atoms with Gasteiger partial charge in [0.05, 0.1) is 0 Å². The normalized spacial score (nSPS) is 23.2. The summed E-state index contributed by atoms with van der Waals surface area (Å²) in [6.07, 6.45) is 8.65. The van der Waals surface area contributed by atoms with E-state index in [0.717, 1.165) is 12.8 Å². The number of hydrogen-bond acceptors (Lipinski definition) is 0. The van der Waals surface area contributed by atoms with Gasteiger partial charge in [-0.1, -0.05) is 32.1 Å². The van der Waals surface area contributed by atoms with Gasteiger partial charge in [-0.05, 0) is 32.6 Å². The Morgan fingerprint density at radius 3 is 1.75 bits per heavy atom. The Morgan fingerprint density at radius 2 is 1.33 bits per heavy atom. The fraction of sp³-hybridized carbons (Fsp3) is 1.00. The van der Waals surface area contributed by atoms with Gasteiger partial charge in [0.15, 0.2) is 0 Å². The van der Waals surface area contributed by atoms with Crippen molar-refractivity contribution in [1.29, 1.82) is 0 Å². The van der Waals surface area contributed by atoms with Crippen LogP contribution in [0.25, 0.3) is 0 Å². The third-order valence-corrected chi connectivity index (χ3v) is 3.08. The molecule has 1 heteroatoms. The molecular formula is C11H21F. The molecule has 1 rings (SSSR count). The van der Waals surface area contributed by atoms with Gasteiger partial charge in [0.1, 0.15) is 5.67 Å². The van der Waals surface area contributed by atoms with Crippen molar-refractivity contribution < 1.29 is 4.39 Å². The minimum absolute atomic E-state index is 0.317. The topological polar surface area (TPSA) is 0 Å². The maximum Gasteiger partial charge on any atom is 0.108 e. The first-order valence-electron chi connectivity index (χ1n) is 5.29. The summed E-state index contributed by atoms with van der Waals surface area (Å²) in [6, 6.07) is 0. The molecule has 0 spiro atoms. The first kappa shape index (κ1) is 10.0. The lowest BCUT2D eigenvalue weighted by Crippen LogP contribution is -2.26. The van der Waals surface area contributed by atoms with E-state index in [1.807, 2.05) is 0 Å². The summed E-state index contributed by atoms with van der Waals surface area (Å²) in [5.41, 5.74) is -0.947. The standard InChI is InChI=1S/C11H21F/c1-11(2,12)10-8-6-4-3-5-7-9-10/h10H,3-9H2,1-2H3. The molecule has 0 bridgehead atoms. The van der Waals surface area contributed by atoms with Crippen LogP contribution in [0.4, 0.5) is 4.39 Å². The highest BCUT2D eigenvalue weighted by Gasteiger charge is 2.28. The maximum absolute atomic E-state index is 13.6. The van der Waals surface area contributed by atoms with Crippen molar-refractivity contribution in [2.45, 2.75) is 64.5 Å². The van der Waals surface area contributed by atoms with Gasteiger partial charge >= 0.3 is 0 Å². The van der Waals surface area contributed by atoms with Gasteiger partial charge in [-0.2, -0.15) is 0 Å². The third-order valence-electron chi connectivity index (χ3n) is 3.08. The Balaban J connectivity index is 2.40. The number of hydrogen-bond donors (Lipinski definition) is 0. The zero-order chi connectivity index (χ0) is 9.03. The lowest BCUT2D eigenvalue weighted by Gasteiger charge is -2.28. The first-order valence-corrected chi connectivity index (χ1v) is 5.29. The SMILES string of the molecule is CC(C)(F)C1CCCCCCC1. The van der Waals surface area contributed by atoms with E-state index in [4.69, 9.17) is 0 Å². The van der Waals surface area contributed by atoms with Gasteiger partial charge < -0.3 is 0 Å². The van der Waals surface area contributed by atoms with Crippen LogP contribution in [-0.4, -0.2) is 5.67 Å². The molecule has 0 heterocycles. The van der Waals surface area contributed by atoms with Crippen LogP contribution in [0.5, 0.6) is 0 Å². The molecule has 0 nitrogen and oxygen atoms in total. The van der Waals surface area contributed by atoms with Crippen LogP contribution < -0.4 is 0 Å². The van der Waals surface area contributed by atoms with Crippen molar-refractivity contribution in [2.75, 3.05) is 0 Å². The van der Waals surface area contributed by atoms with Crippen LogP contribution in [0.3, 0.4) is 0 Å². The van der Waals surface area contributed by atoms with E-state index in [1.54, 1.807) is 13.8 Å². The number of alkyl halides is 1. The maximum atomic E-state index is 13.6. The Hall–Kier alpha value is -0.0700. The lowest BCUT2D eigenvalue weighted by molar-refractivity contribution is 0.102. The fourth-order valence-corrected chi connectivity index (χ4v) is 2.14. The van der Waals surface area contributed by atoms with Crippen molar-refractivity contribution in [3.63, 3.8) is 0 Å². The van der Waals surface area contributed by atoms with E-state index < -0.39 is 5.67 Å². The molecule has 1 aliphatic rings. The second kappa shape index (κ2) is 4.25. The van der Waals surface area contributed by atoms with Crippen LogP contribution in [0.15, 0.2) is 0 Å². The number of rotatable bonds is 1. The van der Waals surface area contributed by atoms with E-state index in [9.17, 15) is 4.39 Å². The minimum Gasteiger partial charge on any atom is -0.244 e. The summed E-state index contributed by atoms with van der Waals surface area (Å²) in [4.78, 5) is 0.